The molecule has 0 aromatic heterocycles. The smallest absolute Gasteiger partial charge is 0.226 e. The van der Waals surface area contributed by atoms with Crippen molar-refractivity contribution >= 4 is 34.2 Å². The number of benzene rings is 1. The SMILES string of the molecule is CCC(Cc1cccc(Br)c1)C(=O)N(C)C1CCNC1.Cl. The molecule has 1 aliphatic heterocycles. The van der Waals surface area contributed by atoms with Crippen molar-refractivity contribution in [2.45, 2.75) is 32.2 Å². The molecule has 1 aromatic carbocycles. The highest BCUT2D eigenvalue weighted by Gasteiger charge is 2.27. The fourth-order valence-electron chi connectivity index (χ4n) is 2.79. The molecule has 1 fully saturated rings. The third-order valence-corrected chi connectivity index (χ3v) is 4.64. The summed E-state index contributed by atoms with van der Waals surface area (Å²) in [5.41, 5.74) is 1.22. The van der Waals surface area contributed by atoms with Crippen LogP contribution in [0.1, 0.15) is 25.3 Å². The van der Waals surface area contributed by atoms with Crippen molar-refractivity contribution in [2.75, 3.05) is 20.1 Å². The molecule has 0 aliphatic carbocycles. The molecule has 21 heavy (non-hydrogen) atoms. The van der Waals surface area contributed by atoms with E-state index in [-0.39, 0.29) is 24.2 Å². The molecule has 3 nitrogen and oxygen atoms in total. The molecular formula is C16H24BrClN2O. The Kier molecular flexibility index (Phi) is 7.71. The molecule has 0 spiro atoms. The van der Waals surface area contributed by atoms with E-state index in [1.165, 1.54) is 5.56 Å². The lowest BCUT2D eigenvalue weighted by Gasteiger charge is -2.28. The molecule has 2 unspecified atom stereocenters. The largest absolute Gasteiger partial charge is 0.341 e. The molecule has 1 amide bonds. The Morgan fingerprint density at radius 2 is 2.29 bits per heavy atom. The van der Waals surface area contributed by atoms with Crippen LogP contribution in [0.3, 0.4) is 0 Å². The Bertz CT molecular complexity index is 463. The molecular weight excluding hydrogens is 352 g/mol. The van der Waals surface area contributed by atoms with E-state index in [2.05, 4.69) is 40.3 Å². The Hall–Kier alpha value is -0.580. The van der Waals surface area contributed by atoms with Crippen molar-refractivity contribution < 1.29 is 4.79 Å². The third kappa shape index (κ3) is 4.97. The molecule has 1 saturated heterocycles. The van der Waals surface area contributed by atoms with E-state index in [0.717, 1.165) is 36.8 Å². The van der Waals surface area contributed by atoms with Crippen molar-refractivity contribution in [1.29, 1.82) is 0 Å². The summed E-state index contributed by atoms with van der Waals surface area (Å²) < 4.78 is 1.07. The van der Waals surface area contributed by atoms with Crippen LogP contribution in [0.15, 0.2) is 28.7 Å². The van der Waals surface area contributed by atoms with E-state index in [4.69, 9.17) is 0 Å². The van der Waals surface area contributed by atoms with Crippen molar-refractivity contribution in [3.8, 4) is 0 Å². The topological polar surface area (TPSA) is 32.3 Å². The van der Waals surface area contributed by atoms with Gasteiger partial charge in [0.25, 0.3) is 0 Å². The summed E-state index contributed by atoms with van der Waals surface area (Å²) in [7, 11) is 1.95. The summed E-state index contributed by atoms with van der Waals surface area (Å²) in [6.07, 6.45) is 2.77. The van der Waals surface area contributed by atoms with Gasteiger partial charge >= 0.3 is 0 Å². The lowest BCUT2D eigenvalue weighted by atomic mass is 9.95. The summed E-state index contributed by atoms with van der Waals surface area (Å²) in [6, 6.07) is 8.60. The minimum absolute atomic E-state index is 0. The first-order chi connectivity index (χ1) is 9.61. The second-order valence-electron chi connectivity index (χ2n) is 5.53. The van der Waals surface area contributed by atoms with Gasteiger partial charge in [-0.15, -0.1) is 12.4 Å². The van der Waals surface area contributed by atoms with Gasteiger partial charge in [-0.1, -0.05) is 35.0 Å². The van der Waals surface area contributed by atoms with Crippen molar-refractivity contribution in [2.24, 2.45) is 5.92 Å². The quantitative estimate of drug-likeness (QED) is 0.856. The van der Waals surface area contributed by atoms with Crippen molar-refractivity contribution in [3.05, 3.63) is 34.3 Å². The summed E-state index contributed by atoms with van der Waals surface area (Å²) in [5, 5.41) is 3.32. The second kappa shape index (κ2) is 8.76. The third-order valence-electron chi connectivity index (χ3n) is 4.14. The van der Waals surface area contributed by atoms with Gasteiger partial charge in [-0.2, -0.15) is 0 Å². The Balaban J connectivity index is 0.00000220. The number of carbonyl (C=O) groups is 1. The maximum Gasteiger partial charge on any atom is 0.226 e. The molecule has 2 atom stereocenters. The molecule has 2 rings (SSSR count). The molecule has 0 radical (unpaired) electrons. The Morgan fingerprint density at radius 3 is 2.86 bits per heavy atom. The van der Waals surface area contributed by atoms with Crippen LogP contribution in [-0.2, 0) is 11.2 Å². The van der Waals surface area contributed by atoms with E-state index in [1.807, 2.05) is 24.1 Å². The maximum absolute atomic E-state index is 12.6. The van der Waals surface area contributed by atoms with Crippen LogP contribution in [0.4, 0.5) is 0 Å². The normalized spacial score (nSPS) is 18.9. The van der Waals surface area contributed by atoms with Gasteiger partial charge < -0.3 is 10.2 Å². The molecule has 1 aliphatic rings. The van der Waals surface area contributed by atoms with E-state index < -0.39 is 0 Å². The number of likely N-dealkylation sites (N-methyl/N-ethyl adjacent to an activating group) is 1. The molecule has 1 N–H and O–H groups in total. The molecule has 0 bridgehead atoms. The summed E-state index contributed by atoms with van der Waals surface area (Å²) in [5.74, 6) is 0.357. The van der Waals surface area contributed by atoms with Gasteiger partial charge in [0.05, 0.1) is 0 Å². The van der Waals surface area contributed by atoms with Crippen LogP contribution in [0.2, 0.25) is 0 Å². The average Bonchev–Trinajstić information content (AvgIpc) is 2.97. The van der Waals surface area contributed by atoms with E-state index in [9.17, 15) is 4.79 Å². The molecule has 1 heterocycles. The van der Waals surface area contributed by atoms with E-state index in [1.54, 1.807) is 0 Å². The van der Waals surface area contributed by atoms with Crippen LogP contribution in [0.5, 0.6) is 0 Å². The Labute approximate surface area is 142 Å². The van der Waals surface area contributed by atoms with Gasteiger partial charge in [0.15, 0.2) is 0 Å². The predicted octanol–water partition coefficient (Wildman–Crippen LogP) is 3.26. The van der Waals surface area contributed by atoms with Gasteiger partial charge in [-0.05, 0) is 43.5 Å². The number of rotatable bonds is 5. The van der Waals surface area contributed by atoms with Crippen LogP contribution >= 0.6 is 28.3 Å². The zero-order chi connectivity index (χ0) is 14.5. The first-order valence-electron chi connectivity index (χ1n) is 7.33. The van der Waals surface area contributed by atoms with Crippen molar-refractivity contribution in [1.82, 2.24) is 10.2 Å². The number of nitrogens with one attached hydrogen (secondary N) is 1. The van der Waals surface area contributed by atoms with Crippen LogP contribution in [-0.4, -0.2) is 37.0 Å². The molecule has 0 saturated carbocycles. The number of amides is 1. The predicted molar refractivity (Wildman–Crippen MR) is 92.9 cm³/mol. The zero-order valence-corrected chi connectivity index (χ0v) is 15.0. The minimum Gasteiger partial charge on any atom is -0.341 e. The minimum atomic E-state index is 0. The number of hydrogen-bond donors (Lipinski definition) is 1. The zero-order valence-electron chi connectivity index (χ0n) is 12.6. The van der Waals surface area contributed by atoms with E-state index in [0.29, 0.717) is 6.04 Å². The van der Waals surface area contributed by atoms with Gasteiger partial charge in [-0.25, -0.2) is 0 Å². The number of halogens is 2. The molecule has 118 valence electrons. The number of nitrogens with zero attached hydrogens (tertiary/aromatic N) is 1. The van der Waals surface area contributed by atoms with Gasteiger partial charge in [0.1, 0.15) is 0 Å². The fraction of sp³-hybridized carbons (Fsp3) is 0.562. The lowest BCUT2D eigenvalue weighted by Crippen LogP contribution is -2.42. The first kappa shape index (κ1) is 18.5. The lowest BCUT2D eigenvalue weighted by molar-refractivity contribution is -0.136. The highest BCUT2D eigenvalue weighted by Crippen LogP contribution is 2.20. The van der Waals surface area contributed by atoms with Crippen LogP contribution in [0.25, 0.3) is 0 Å². The fourth-order valence-corrected chi connectivity index (χ4v) is 3.24. The first-order valence-corrected chi connectivity index (χ1v) is 8.13. The van der Waals surface area contributed by atoms with Gasteiger partial charge in [-0.3, -0.25) is 4.79 Å². The summed E-state index contributed by atoms with van der Waals surface area (Å²) in [6.45, 7) is 4.04. The van der Waals surface area contributed by atoms with E-state index >= 15 is 0 Å². The number of carbonyl (C=O) groups excluding carboxylic acids is 1. The Morgan fingerprint density at radius 1 is 1.52 bits per heavy atom. The maximum atomic E-state index is 12.6. The van der Waals surface area contributed by atoms with Gasteiger partial charge in [0.2, 0.25) is 5.91 Å². The van der Waals surface area contributed by atoms with Crippen LogP contribution < -0.4 is 5.32 Å². The van der Waals surface area contributed by atoms with Gasteiger partial charge in [0, 0.05) is 30.0 Å². The monoisotopic (exact) mass is 374 g/mol. The van der Waals surface area contributed by atoms with Crippen molar-refractivity contribution in [3.63, 3.8) is 0 Å². The molecule has 1 aromatic rings. The van der Waals surface area contributed by atoms with Crippen LogP contribution in [0, 0.1) is 5.92 Å². The standard InChI is InChI=1S/C16H23BrN2O.ClH/c1-3-13(9-12-5-4-6-14(17)10-12)16(20)19(2)15-7-8-18-11-15;/h4-6,10,13,15,18H,3,7-9,11H2,1-2H3;1H. The second-order valence-corrected chi connectivity index (χ2v) is 6.45. The summed E-state index contributed by atoms with van der Waals surface area (Å²) >= 11 is 3.49. The average molecular weight is 376 g/mol. The number of hydrogen-bond acceptors (Lipinski definition) is 2. The highest BCUT2D eigenvalue weighted by molar-refractivity contribution is 9.10. The summed E-state index contributed by atoms with van der Waals surface area (Å²) in [4.78, 5) is 14.6. The molecule has 5 heteroatoms. The highest BCUT2D eigenvalue weighted by atomic mass is 79.9.